The van der Waals surface area contributed by atoms with Crippen LogP contribution in [0.1, 0.15) is 59.3 Å². The van der Waals surface area contributed by atoms with Crippen LogP contribution in [0.2, 0.25) is 0 Å². The summed E-state index contributed by atoms with van der Waals surface area (Å²) in [5, 5.41) is 12.5. The summed E-state index contributed by atoms with van der Waals surface area (Å²) in [5.74, 6) is 0.618. The highest BCUT2D eigenvalue weighted by atomic mass is 16.3. The Bertz CT molecular complexity index is 126. The Kier molecular flexibility index (Phi) is 10.4. The molecule has 0 rings (SSSR count). The third-order valence-electron chi connectivity index (χ3n) is 2.93. The molecule has 0 aliphatic heterocycles. The van der Waals surface area contributed by atoms with Crippen LogP contribution in [0.25, 0.3) is 0 Å². The lowest BCUT2D eigenvalue weighted by Gasteiger charge is -2.21. The fourth-order valence-electron chi connectivity index (χ4n) is 1.83. The summed E-state index contributed by atoms with van der Waals surface area (Å²) in [5.41, 5.74) is 0. The Morgan fingerprint density at radius 2 is 1.73 bits per heavy atom. The monoisotopic (exact) mass is 215 g/mol. The van der Waals surface area contributed by atoms with Crippen molar-refractivity contribution in [2.45, 2.75) is 65.3 Å². The van der Waals surface area contributed by atoms with Crippen LogP contribution < -0.4 is 5.32 Å². The zero-order valence-corrected chi connectivity index (χ0v) is 10.8. The second kappa shape index (κ2) is 10.4. The molecule has 0 aliphatic carbocycles. The number of aliphatic hydroxyl groups is 1. The molecule has 0 fully saturated rings. The van der Waals surface area contributed by atoms with Crippen molar-refractivity contribution in [3.05, 3.63) is 0 Å². The molecule has 0 radical (unpaired) electrons. The second-order valence-corrected chi connectivity index (χ2v) is 4.73. The lowest BCUT2D eigenvalue weighted by atomic mass is 10.0. The van der Waals surface area contributed by atoms with Gasteiger partial charge in [0.1, 0.15) is 0 Å². The summed E-state index contributed by atoms with van der Waals surface area (Å²) < 4.78 is 0. The minimum atomic E-state index is 0.297. The Morgan fingerprint density at radius 3 is 2.27 bits per heavy atom. The van der Waals surface area contributed by atoms with E-state index in [1.54, 1.807) is 0 Å². The molecule has 2 nitrogen and oxygen atoms in total. The van der Waals surface area contributed by atoms with Crippen LogP contribution >= 0.6 is 0 Å². The van der Waals surface area contributed by atoms with E-state index in [0.29, 0.717) is 18.6 Å². The van der Waals surface area contributed by atoms with E-state index in [2.05, 4.69) is 26.1 Å². The molecule has 0 aromatic rings. The van der Waals surface area contributed by atoms with Gasteiger partial charge in [-0.05, 0) is 25.3 Å². The molecule has 0 aromatic carbocycles. The largest absolute Gasteiger partial charge is 0.396 e. The molecule has 0 bridgehead atoms. The molecule has 0 saturated carbocycles. The maximum absolute atomic E-state index is 8.92. The van der Waals surface area contributed by atoms with Crippen LogP contribution in [0.4, 0.5) is 0 Å². The van der Waals surface area contributed by atoms with Gasteiger partial charge >= 0.3 is 0 Å². The molecular weight excluding hydrogens is 186 g/mol. The van der Waals surface area contributed by atoms with Gasteiger partial charge in [-0.3, -0.25) is 0 Å². The Balaban J connectivity index is 3.37. The van der Waals surface area contributed by atoms with Gasteiger partial charge in [0.05, 0.1) is 0 Å². The summed E-state index contributed by atoms with van der Waals surface area (Å²) >= 11 is 0. The Hall–Kier alpha value is -0.0800. The first-order valence-electron chi connectivity index (χ1n) is 6.56. The van der Waals surface area contributed by atoms with E-state index in [0.717, 1.165) is 13.0 Å². The van der Waals surface area contributed by atoms with Gasteiger partial charge in [-0.2, -0.15) is 0 Å². The third kappa shape index (κ3) is 8.88. The zero-order valence-electron chi connectivity index (χ0n) is 10.8. The number of rotatable bonds is 10. The molecule has 0 saturated heterocycles. The molecule has 0 aliphatic rings. The number of unbranched alkanes of at least 4 members (excludes halogenated alkanes) is 4. The number of nitrogens with one attached hydrogen (secondary N) is 1. The Morgan fingerprint density at radius 1 is 1.07 bits per heavy atom. The molecule has 2 heteroatoms. The van der Waals surface area contributed by atoms with Gasteiger partial charge in [0.15, 0.2) is 0 Å². The lowest BCUT2D eigenvalue weighted by molar-refractivity contribution is 0.244. The van der Waals surface area contributed by atoms with Gasteiger partial charge in [0, 0.05) is 12.6 Å². The van der Waals surface area contributed by atoms with Gasteiger partial charge in [-0.15, -0.1) is 0 Å². The van der Waals surface area contributed by atoms with Crippen molar-refractivity contribution in [1.29, 1.82) is 0 Å². The van der Waals surface area contributed by atoms with E-state index in [-0.39, 0.29) is 0 Å². The van der Waals surface area contributed by atoms with Crippen LogP contribution in [0.15, 0.2) is 0 Å². The molecule has 1 unspecified atom stereocenters. The van der Waals surface area contributed by atoms with Crippen molar-refractivity contribution in [3.63, 3.8) is 0 Å². The van der Waals surface area contributed by atoms with E-state index in [9.17, 15) is 0 Å². The van der Waals surface area contributed by atoms with Gasteiger partial charge in [0.2, 0.25) is 0 Å². The average molecular weight is 215 g/mol. The van der Waals surface area contributed by atoms with Crippen LogP contribution in [-0.2, 0) is 0 Å². The molecule has 0 aromatic heterocycles. The first-order valence-corrected chi connectivity index (χ1v) is 6.56. The highest BCUT2D eigenvalue weighted by Crippen LogP contribution is 2.06. The molecule has 92 valence electrons. The maximum atomic E-state index is 8.92. The number of hydrogen-bond donors (Lipinski definition) is 2. The smallest absolute Gasteiger partial charge is 0.0445 e. The molecule has 2 N–H and O–H groups in total. The Labute approximate surface area is 95.5 Å². The van der Waals surface area contributed by atoms with Crippen molar-refractivity contribution in [3.8, 4) is 0 Å². The van der Waals surface area contributed by atoms with Gasteiger partial charge in [0.25, 0.3) is 0 Å². The summed E-state index contributed by atoms with van der Waals surface area (Å²) in [4.78, 5) is 0. The standard InChI is InChI=1S/C13H29NO/c1-4-5-6-7-8-10-14-13(9-11-15)12(2)3/h12-15H,4-11H2,1-3H3. The molecular formula is C13H29NO. The number of hydrogen-bond acceptors (Lipinski definition) is 2. The quantitative estimate of drug-likeness (QED) is 0.549. The number of aliphatic hydroxyl groups excluding tert-OH is 1. The van der Waals surface area contributed by atoms with Crippen molar-refractivity contribution >= 4 is 0 Å². The average Bonchev–Trinajstić information content (AvgIpc) is 2.21. The third-order valence-corrected chi connectivity index (χ3v) is 2.93. The van der Waals surface area contributed by atoms with E-state index in [1.807, 2.05) is 0 Å². The summed E-state index contributed by atoms with van der Waals surface area (Å²) in [7, 11) is 0. The first-order chi connectivity index (χ1) is 7.22. The SMILES string of the molecule is CCCCCCCNC(CCO)C(C)C. The topological polar surface area (TPSA) is 32.3 Å². The van der Waals surface area contributed by atoms with E-state index in [1.165, 1.54) is 32.1 Å². The molecule has 1 atom stereocenters. The summed E-state index contributed by atoms with van der Waals surface area (Å²) in [6.45, 7) is 8.07. The summed E-state index contributed by atoms with van der Waals surface area (Å²) in [6.07, 6.45) is 7.54. The van der Waals surface area contributed by atoms with Crippen LogP contribution in [-0.4, -0.2) is 24.3 Å². The van der Waals surface area contributed by atoms with Crippen molar-refractivity contribution in [2.75, 3.05) is 13.2 Å². The van der Waals surface area contributed by atoms with Crippen molar-refractivity contribution in [2.24, 2.45) is 5.92 Å². The fraction of sp³-hybridized carbons (Fsp3) is 1.00. The maximum Gasteiger partial charge on any atom is 0.0445 e. The fourth-order valence-corrected chi connectivity index (χ4v) is 1.83. The first kappa shape index (κ1) is 14.9. The van der Waals surface area contributed by atoms with E-state index in [4.69, 9.17) is 5.11 Å². The molecule has 0 heterocycles. The van der Waals surface area contributed by atoms with Crippen molar-refractivity contribution in [1.82, 2.24) is 5.32 Å². The minimum Gasteiger partial charge on any atom is -0.396 e. The molecule has 0 spiro atoms. The minimum absolute atomic E-state index is 0.297. The van der Waals surface area contributed by atoms with Crippen LogP contribution in [0, 0.1) is 5.92 Å². The highest BCUT2D eigenvalue weighted by molar-refractivity contribution is 4.69. The van der Waals surface area contributed by atoms with E-state index >= 15 is 0 Å². The predicted octanol–water partition coefficient (Wildman–Crippen LogP) is 2.95. The summed E-state index contributed by atoms with van der Waals surface area (Å²) in [6, 6.07) is 0.487. The zero-order chi connectivity index (χ0) is 11.5. The van der Waals surface area contributed by atoms with Crippen molar-refractivity contribution < 1.29 is 5.11 Å². The molecule has 15 heavy (non-hydrogen) atoms. The van der Waals surface area contributed by atoms with Gasteiger partial charge in [-0.1, -0.05) is 46.5 Å². The predicted molar refractivity (Wildman–Crippen MR) is 67.1 cm³/mol. The highest BCUT2D eigenvalue weighted by Gasteiger charge is 2.10. The van der Waals surface area contributed by atoms with Crippen LogP contribution in [0.5, 0.6) is 0 Å². The van der Waals surface area contributed by atoms with Crippen LogP contribution in [0.3, 0.4) is 0 Å². The molecule has 0 amide bonds. The normalized spacial score (nSPS) is 13.4. The van der Waals surface area contributed by atoms with E-state index < -0.39 is 0 Å². The second-order valence-electron chi connectivity index (χ2n) is 4.73. The van der Waals surface area contributed by atoms with Gasteiger partial charge in [-0.25, -0.2) is 0 Å². The lowest BCUT2D eigenvalue weighted by Crippen LogP contribution is -2.35. The van der Waals surface area contributed by atoms with Gasteiger partial charge < -0.3 is 10.4 Å².